The van der Waals surface area contributed by atoms with Gasteiger partial charge in [-0.25, -0.2) is 0 Å². The van der Waals surface area contributed by atoms with Crippen LogP contribution in [0.4, 0.5) is 5.69 Å². The summed E-state index contributed by atoms with van der Waals surface area (Å²) in [6, 6.07) is 13.1. The highest BCUT2D eigenvalue weighted by atomic mass is 35.5. The molecule has 2 amide bonds. The Hall–Kier alpha value is -2.08. The minimum Gasteiger partial charge on any atom is -0.353 e. The van der Waals surface area contributed by atoms with Gasteiger partial charge in [0.2, 0.25) is 5.91 Å². The second-order valence-electron chi connectivity index (χ2n) is 9.17. The summed E-state index contributed by atoms with van der Waals surface area (Å²) < 4.78 is 0. The molecule has 0 bridgehead atoms. The molecule has 1 aliphatic carbocycles. The molecule has 0 aromatic heterocycles. The maximum atomic E-state index is 12.7. The van der Waals surface area contributed by atoms with Crippen molar-refractivity contribution in [3.05, 3.63) is 63.6 Å². The average molecular weight is 488 g/mol. The summed E-state index contributed by atoms with van der Waals surface area (Å²) in [5.41, 5.74) is 2.24. The zero-order valence-corrected chi connectivity index (χ0v) is 20.3. The predicted octanol–water partition coefficient (Wildman–Crippen LogP) is 5.91. The number of amides is 2. The van der Waals surface area contributed by atoms with Gasteiger partial charge in [0.1, 0.15) is 0 Å². The molecule has 5 nitrogen and oxygen atoms in total. The van der Waals surface area contributed by atoms with Crippen LogP contribution in [0.1, 0.15) is 60.9 Å². The van der Waals surface area contributed by atoms with Crippen molar-refractivity contribution >= 4 is 40.7 Å². The highest BCUT2D eigenvalue weighted by molar-refractivity contribution is 6.37. The van der Waals surface area contributed by atoms with E-state index in [1.165, 1.54) is 19.3 Å². The van der Waals surface area contributed by atoms with Crippen LogP contribution in [0.25, 0.3) is 0 Å². The SMILES string of the molecule is O=C(Nc1cccc(CN2CCC(C(=O)NC3CCCCC3)CC2)c1)c1ccc(Cl)cc1Cl. The molecule has 1 saturated carbocycles. The summed E-state index contributed by atoms with van der Waals surface area (Å²) in [4.78, 5) is 27.6. The topological polar surface area (TPSA) is 61.4 Å². The number of carbonyl (C=O) groups is 2. The minimum atomic E-state index is -0.265. The predicted molar refractivity (Wildman–Crippen MR) is 134 cm³/mol. The number of anilines is 1. The third-order valence-corrected chi connectivity index (χ3v) is 7.22. The van der Waals surface area contributed by atoms with Crippen LogP contribution in [0, 0.1) is 5.92 Å². The van der Waals surface area contributed by atoms with Gasteiger partial charge >= 0.3 is 0 Å². The van der Waals surface area contributed by atoms with Crippen LogP contribution in [0.2, 0.25) is 10.0 Å². The highest BCUT2D eigenvalue weighted by Gasteiger charge is 2.27. The number of likely N-dealkylation sites (tertiary alicyclic amines) is 1. The molecule has 2 fully saturated rings. The molecule has 4 rings (SSSR count). The smallest absolute Gasteiger partial charge is 0.257 e. The van der Waals surface area contributed by atoms with Crippen LogP contribution in [-0.2, 0) is 11.3 Å². The maximum Gasteiger partial charge on any atom is 0.257 e. The third kappa shape index (κ3) is 6.72. The molecule has 1 aliphatic heterocycles. The second-order valence-corrected chi connectivity index (χ2v) is 10.0. The van der Waals surface area contributed by atoms with Crippen molar-refractivity contribution in [2.24, 2.45) is 5.92 Å². The first-order chi connectivity index (χ1) is 16.0. The van der Waals surface area contributed by atoms with E-state index < -0.39 is 0 Å². The highest BCUT2D eigenvalue weighted by Crippen LogP contribution is 2.24. The summed E-state index contributed by atoms with van der Waals surface area (Å²) >= 11 is 12.1. The number of halogens is 2. The fraction of sp³-hybridized carbons (Fsp3) is 0.462. The Kier molecular flexibility index (Phi) is 8.29. The van der Waals surface area contributed by atoms with Crippen LogP contribution < -0.4 is 10.6 Å². The fourth-order valence-corrected chi connectivity index (χ4v) is 5.29. The minimum absolute atomic E-state index is 0.123. The third-order valence-electron chi connectivity index (χ3n) is 6.68. The maximum absolute atomic E-state index is 12.7. The lowest BCUT2D eigenvalue weighted by molar-refractivity contribution is -0.127. The van der Waals surface area contributed by atoms with Crippen molar-refractivity contribution in [2.45, 2.75) is 57.5 Å². The first-order valence-corrected chi connectivity index (χ1v) is 12.6. The van der Waals surface area contributed by atoms with Gasteiger partial charge in [-0.15, -0.1) is 0 Å². The summed E-state index contributed by atoms with van der Waals surface area (Å²) in [5.74, 6) is 0.101. The molecular weight excluding hydrogens is 457 g/mol. The van der Waals surface area contributed by atoms with Crippen LogP contribution in [-0.4, -0.2) is 35.8 Å². The van der Waals surface area contributed by atoms with Gasteiger partial charge in [-0.05, 0) is 74.7 Å². The Morgan fingerprint density at radius 2 is 1.70 bits per heavy atom. The van der Waals surface area contributed by atoms with Crippen LogP contribution in [0.15, 0.2) is 42.5 Å². The van der Waals surface area contributed by atoms with Gasteiger partial charge in [-0.2, -0.15) is 0 Å². The van der Waals surface area contributed by atoms with E-state index in [2.05, 4.69) is 21.6 Å². The first-order valence-electron chi connectivity index (χ1n) is 11.9. The van der Waals surface area contributed by atoms with Crippen molar-refractivity contribution < 1.29 is 9.59 Å². The Labute approximate surface area is 205 Å². The van der Waals surface area contributed by atoms with Gasteiger partial charge in [0.15, 0.2) is 0 Å². The van der Waals surface area contributed by atoms with Crippen molar-refractivity contribution in [1.82, 2.24) is 10.2 Å². The molecule has 33 heavy (non-hydrogen) atoms. The van der Waals surface area contributed by atoms with Crippen molar-refractivity contribution in [3.63, 3.8) is 0 Å². The molecule has 176 valence electrons. The Balaban J connectivity index is 1.27. The van der Waals surface area contributed by atoms with E-state index >= 15 is 0 Å². The van der Waals surface area contributed by atoms with Crippen LogP contribution in [0.5, 0.6) is 0 Å². The number of carbonyl (C=O) groups excluding carboxylic acids is 2. The van der Waals surface area contributed by atoms with E-state index in [9.17, 15) is 9.59 Å². The van der Waals surface area contributed by atoms with Gasteiger partial charge in [0.05, 0.1) is 10.6 Å². The number of hydrogen-bond donors (Lipinski definition) is 2. The van der Waals surface area contributed by atoms with Crippen LogP contribution in [0.3, 0.4) is 0 Å². The molecule has 0 spiro atoms. The normalized spacial score (nSPS) is 18.1. The lowest BCUT2D eigenvalue weighted by Crippen LogP contribution is -2.44. The standard InChI is InChI=1S/C26H31Cl2N3O2/c27-20-9-10-23(24(28)16-20)26(33)30-22-8-4-5-18(15-22)17-31-13-11-19(12-14-31)25(32)29-21-6-2-1-3-7-21/h4-5,8-10,15-16,19,21H,1-3,6-7,11-14,17H2,(H,29,32)(H,30,33). The molecule has 0 atom stereocenters. The van der Waals surface area contributed by atoms with Gasteiger partial charge in [0.25, 0.3) is 5.91 Å². The molecule has 2 aromatic carbocycles. The number of hydrogen-bond acceptors (Lipinski definition) is 3. The number of piperidine rings is 1. The molecule has 2 N–H and O–H groups in total. The molecule has 0 radical (unpaired) electrons. The zero-order valence-electron chi connectivity index (χ0n) is 18.8. The van der Waals surface area contributed by atoms with E-state index in [1.807, 2.05) is 18.2 Å². The van der Waals surface area contributed by atoms with Crippen LogP contribution >= 0.6 is 23.2 Å². The molecule has 1 heterocycles. The van der Waals surface area contributed by atoms with Crippen molar-refractivity contribution in [1.29, 1.82) is 0 Å². The molecule has 2 aromatic rings. The summed E-state index contributed by atoms with van der Waals surface area (Å²) in [6.45, 7) is 2.60. The fourth-order valence-electron chi connectivity index (χ4n) is 4.80. The number of benzene rings is 2. The lowest BCUT2D eigenvalue weighted by atomic mass is 9.92. The Morgan fingerprint density at radius 3 is 2.42 bits per heavy atom. The number of rotatable bonds is 6. The molecule has 0 unspecified atom stereocenters. The second kappa shape index (κ2) is 11.4. The quantitative estimate of drug-likeness (QED) is 0.532. The molecule has 7 heteroatoms. The zero-order chi connectivity index (χ0) is 23.2. The summed E-state index contributed by atoms with van der Waals surface area (Å²) in [7, 11) is 0. The number of nitrogens with one attached hydrogen (secondary N) is 2. The largest absolute Gasteiger partial charge is 0.353 e. The monoisotopic (exact) mass is 487 g/mol. The van der Waals surface area contributed by atoms with E-state index in [0.717, 1.165) is 56.6 Å². The van der Waals surface area contributed by atoms with Crippen molar-refractivity contribution in [2.75, 3.05) is 18.4 Å². The molecule has 2 aliphatic rings. The number of nitrogens with zero attached hydrogens (tertiary/aromatic N) is 1. The van der Waals surface area contributed by atoms with Gasteiger partial charge in [0, 0.05) is 29.2 Å². The van der Waals surface area contributed by atoms with Gasteiger partial charge in [-0.1, -0.05) is 54.6 Å². The summed E-state index contributed by atoms with van der Waals surface area (Å²) in [6.07, 6.45) is 7.80. The van der Waals surface area contributed by atoms with E-state index in [4.69, 9.17) is 23.2 Å². The van der Waals surface area contributed by atoms with E-state index in [1.54, 1.807) is 18.2 Å². The molecular formula is C26H31Cl2N3O2. The van der Waals surface area contributed by atoms with Gasteiger partial charge < -0.3 is 10.6 Å². The Morgan fingerprint density at radius 1 is 0.939 bits per heavy atom. The van der Waals surface area contributed by atoms with Gasteiger partial charge in [-0.3, -0.25) is 14.5 Å². The average Bonchev–Trinajstić information content (AvgIpc) is 2.80. The summed E-state index contributed by atoms with van der Waals surface area (Å²) in [5, 5.41) is 7.02. The van der Waals surface area contributed by atoms with E-state index in [0.29, 0.717) is 21.7 Å². The Bertz CT molecular complexity index is 983. The lowest BCUT2D eigenvalue weighted by Gasteiger charge is -2.32. The van der Waals surface area contributed by atoms with E-state index in [-0.39, 0.29) is 17.7 Å². The first kappa shape index (κ1) is 24.1. The molecule has 1 saturated heterocycles. The van der Waals surface area contributed by atoms with Crippen molar-refractivity contribution in [3.8, 4) is 0 Å².